The maximum Gasteiger partial charge on any atom is 0.306 e. The Bertz CT molecular complexity index is 1130. The fourth-order valence-electron chi connectivity index (χ4n) is 7.37. The first-order valence-corrected chi connectivity index (χ1v) is 26.3. The fraction of sp³-hybridized carbons (Fsp3) is 0.768. The van der Waals surface area contributed by atoms with Crippen LogP contribution >= 0.6 is 0 Å². The van der Waals surface area contributed by atoms with Gasteiger partial charge in [0.15, 0.2) is 6.10 Å². The predicted molar refractivity (Wildman–Crippen MR) is 265 cm³/mol. The van der Waals surface area contributed by atoms with Gasteiger partial charge in [0.1, 0.15) is 13.2 Å². The molecule has 0 saturated heterocycles. The van der Waals surface area contributed by atoms with Crippen LogP contribution in [0.25, 0.3) is 0 Å². The first-order chi connectivity index (χ1) is 30.5. The van der Waals surface area contributed by atoms with E-state index in [-0.39, 0.29) is 31.1 Å². The Morgan fingerprint density at radius 1 is 0.339 bits per heavy atom. The van der Waals surface area contributed by atoms with Gasteiger partial charge in [0, 0.05) is 19.3 Å². The monoisotopic (exact) mass is 867 g/mol. The lowest BCUT2D eigenvalue weighted by molar-refractivity contribution is -0.167. The van der Waals surface area contributed by atoms with Crippen LogP contribution in [0.4, 0.5) is 0 Å². The molecule has 6 nitrogen and oxygen atoms in total. The van der Waals surface area contributed by atoms with Gasteiger partial charge in [0.2, 0.25) is 0 Å². The lowest BCUT2D eigenvalue weighted by Gasteiger charge is -2.18. The molecule has 0 fully saturated rings. The molecule has 0 rings (SSSR count). The van der Waals surface area contributed by atoms with E-state index in [9.17, 15) is 14.4 Å². The molecule has 1 atom stereocenters. The standard InChI is InChI=1S/C56H98O6/c1-4-7-10-13-16-19-22-24-26-27-28-30-31-34-37-40-43-46-49-55(58)61-52-53(51-60-54(57)48-45-42-39-36-33-21-18-15-12-9-6-3)62-56(59)50-47-44-41-38-35-32-29-25-23-20-17-14-11-8-5-2/h8,11,14,17,20,23,26-28,30,53H,4-7,9-10,12-13,15-16,18-19,21-22,24-25,29,31-52H2,1-3H3/b11-8-,17-14-,23-20-,27-26-,30-28-. The lowest BCUT2D eigenvalue weighted by Crippen LogP contribution is -2.30. The number of hydrogen-bond acceptors (Lipinski definition) is 6. The van der Waals surface area contributed by atoms with Crippen molar-refractivity contribution in [1.82, 2.24) is 0 Å². The Balaban J connectivity index is 4.39. The van der Waals surface area contributed by atoms with Gasteiger partial charge >= 0.3 is 17.9 Å². The molecule has 0 aromatic carbocycles. The number of allylic oxidation sites excluding steroid dienone is 10. The molecule has 0 aliphatic rings. The van der Waals surface area contributed by atoms with Crippen molar-refractivity contribution in [1.29, 1.82) is 0 Å². The summed E-state index contributed by atoms with van der Waals surface area (Å²) < 4.78 is 16.8. The van der Waals surface area contributed by atoms with Gasteiger partial charge in [-0.25, -0.2) is 0 Å². The summed E-state index contributed by atoms with van der Waals surface area (Å²) >= 11 is 0. The van der Waals surface area contributed by atoms with Crippen molar-refractivity contribution < 1.29 is 28.6 Å². The third-order valence-corrected chi connectivity index (χ3v) is 11.3. The van der Waals surface area contributed by atoms with Crippen molar-refractivity contribution in [2.45, 2.75) is 264 Å². The van der Waals surface area contributed by atoms with Crippen molar-refractivity contribution in [3.05, 3.63) is 60.8 Å². The summed E-state index contributed by atoms with van der Waals surface area (Å²) in [7, 11) is 0. The molecule has 0 spiro atoms. The smallest absolute Gasteiger partial charge is 0.306 e. The number of carbonyl (C=O) groups is 3. The van der Waals surface area contributed by atoms with E-state index >= 15 is 0 Å². The van der Waals surface area contributed by atoms with Crippen LogP contribution in [0, 0.1) is 0 Å². The van der Waals surface area contributed by atoms with Gasteiger partial charge in [-0.3, -0.25) is 14.4 Å². The zero-order chi connectivity index (χ0) is 45.1. The van der Waals surface area contributed by atoms with Crippen LogP contribution in [-0.2, 0) is 28.6 Å². The van der Waals surface area contributed by atoms with Crippen LogP contribution in [0.5, 0.6) is 0 Å². The molecule has 0 radical (unpaired) electrons. The molecule has 0 aromatic heterocycles. The Hall–Kier alpha value is -2.89. The molecular weight excluding hydrogens is 769 g/mol. The summed E-state index contributed by atoms with van der Waals surface area (Å²) in [4.78, 5) is 38.0. The van der Waals surface area contributed by atoms with Crippen LogP contribution in [0.3, 0.4) is 0 Å². The molecule has 6 heteroatoms. The normalized spacial score (nSPS) is 12.5. The van der Waals surface area contributed by atoms with Crippen molar-refractivity contribution in [3.63, 3.8) is 0 Å². The predicted octanol–water partition coefficient (Wildman–Crippen LogP) is 17.3. The average Bonchev–Trinajstić information content (AvgIpc) is 3.27. The maximum atomic E-state index is 12.8. The first kappa shape index (κ1) is 59.1. The van der Waals surface area contributed by atoms with Crippen molar-refractivity contribution in [2.75, 3.05) is 13.2 Å². The Morgan fingerprint density at radius 3 is 0.984 bits per heavy atom. The summed E-state index contributed by atoms with van der Waals surface area (Å²) in [5, 5.41) is 0. The second kappa shape index (κ2) is 50.8. The van der Waals surface area contributed by atoms with Crippen molar-refractivity contribution >= 4 is 17.9 Å². The maximum absolute atomic E-state index is 12.8. The van der Waals surface area contributed by atoms with E-state index in [0.29, 0.717) is 19.3 Å². The molecular formula is C56H98O6. The van der Waals surface area contributed by atoms with Crippen LogP contribution < -0.4 is 0 Å². The number of rotatable bonds is 47. The summed E-state index contributed by atoms with van der Waals surface area (Å²) in [5.74, 6) is -0.906. The summed E-state index contributed by atoms with van der Waals surface area (Å²) in [6.07, 6.45) is 62.0. The third kappa shape index (κ3) is 48.1. The zero-order valence-electron chi connectivity index (χ0n) is 40.9. The van der Waals surface area contributed by atoms with E-state index in [1.54, 1.807) is 0 Å². The number of carbonyl (C=O) groups excluding carboxylic acids is 3. The van der Waals surface area contributed by atoms with Crippen molar-refractivity contribution in [3.8, 4) is 0 Å². The first-order valence-electron chi connectivity index (χ1n) is 26.3. The molecule has 0 aliphatic heterocycles. The minimum Gasteiger partial charge on any atom is -0.462 e. The molecule has 0 amide bonds. The Kier molecular flexibility index (Phi) is 48.4. The molecule has 0 heterocycles. The molecule has 62 heavy (non-hydrogen) atoms. The van der Waals surface area contributed by atoms with Gasteiger partial charge in [-0.15, -0.1) is 0 Å². The molecule has 358 valence electrons. The van der Waals surface area contributed by atoms with E-state index < -0.39 is 6.10 Å². The van der Waals surface area contributed by atoms with Crippen LogP contribution in [0.15, 0.2) is 60.8 Å². The van der Waals surface area contributed by atoms with E-state index in [4.69, 9.17) is 14.2 Å². The molecule has 0 N–H and O–H groups in total. The second-order valence-corrected chi connectivity index (χ2v) is 17.5. The third-order valence-electron chi connectivity index (χ3n) is 11.3. The molecule has 0 saturated carbocycles. The molecule has 0 aliphatic carbocycles. The van der Waals surface area contributed by atoms with Gasteiger partial charge in [-0.05, 0) is 64.2 Å². The summed E-state index contributed by atoms with van der Waals surface area (Å²) in [6.45, 7) is 6.48. The number of esters is 3. The summed E-state index contributed by atoms with van der Waals surface area (Å²) in [5.41, 5.74) is 0. The molecule has 0 aromatic rings. The van der Waals surface area contributed by atoms with Gasteiger partial charge in [0.25, 0.3) is 0 Å². The van der Waals surface area contributed by atoms with Gasteiger partial charge in [-0.1, -0.05) is 236 Å². The number of hydrogen-bond donors (Lipinski definition) is 0. The highest BCUT2D eigenvalue weighted by Gasteiger charge is 2.19. The van der Waals surface area contributed by atoms with E-state index in [1.165, 1.54) is 128 Å². The van der Waals surface area contributed by atoms with Gasteiger partial charge in [0.05, 0.1) is 0 Å². The van der Waals surface area contributed by atoms with Crippen molar-refractivity contribution in [2.24, 2.45) is 0 Å². The van der Waals surface area contributed by atoms with Gasteiger partial charge < -0.3 is 14.2 Å². The molecule has 1 unspecified atom stereocenters. The van der Waals surface area contributed by atoms with E-state index in [1.807, 2.05) is 0 Å². The summed E-state index contributed by atoms with van der Waals surface area (Å²) in [6, 6.07) is 0. The van der Waals surface area contributed by atoms with E-state index in [0.717, 1.165) is 89.9 Å². The van der Waals surface area contributed by atoms with Gasteiger partial charge in [-0.2, -0.15) is 0 Å². The van der Waals surface area contributed by atoms with Crippen LogP contribution in [0.1, 0.15) is 258 Å². The highest BCUT2D eigenvalue weighted by Crippen LogP contribution is 2.15. The molecule has 0 bridgehead atoms. The quantitative estimate of drug-likeness (QED) is 0.0262. The Morgan fingerprint density at radius 2 is 0.629 bits per heavy atom. The van der Waals surface area contributed by atoms with Crippen LogP contribution in [0.2, 0.25) is 0 Å². The average molecular weight is 867 g/mol. The topological polar surface area (TPSA) is 78.9 Å². The highest BCUT2D eigenvalue weighted by molar-refractivity contribution is 5.71. The largest absolute Gasteiger partial charge is 0.462 e. The number of ether oxygens (including phenoxy) is 3. The van der Waals surface area contributed by atoms with Crippen LogP contribution in [-0.4, -0.2) is 37.2 Å². The zero-order valence-corrected chi connectivity index (χ0v) is 40.9. The highest BCUT2D eigenvalue weighted by atomic mass is 16.6. The lowest BCUT2D eigenvalue weighted by atomic mass is 10.1. The second-order valence-electron chi connectivity index (χ2n) is 17.5. The minimum absolute atomic E-state index is 0.0826. The SMILES string of the molecule is CC\C=C/C=C\C=C/CCCCCCCCCC(=O)OC(COC(=O)CCCCCCC/C=C\C=C/CCCCCCCCC)COC(=O)CCCCCCCCCCCCC. The Labute approximate surface area is 383 Å². The fourth-order valence-corrected chi connectivity index (χ4v) is 7.37. The number of unbranched alkanes of at least 4 members (excludes halogenated alkanes) is 29. The minimum atomic E-state index is -0.784. The van der Waals surface area contributed by atoms with E-state index in [2.05, 4.69) is 81.5 Å².